The molecule has 0 saturated heterocycles. The number of carbonyl (C=O) groups excluding carboxylic acids is 1. The van der Waals surface area contributed by atoms with E-state index in [9.17, 15) is 18.7 Å². The van der Waals surface area contributed by atoms with Gasteiger partial charge in [0.05, 0.1) is 11.7 Å². The number of halogens is 2. The van der Waals surface area contributed by atoms with E-state index in [2.05, 4.69) is 15.4 Å². The number of aliphatic hydroxyl groups is 1. The van der Waals surface area contributed by atoms with Crippen LogP contribution in [-0.4, -0.2) is 32.3 Å². The third-order valence-corrected chi connectivity index (χ3v) is 3.53. The van der Waals surface area contributed by atoms with Gasteiger partial charge in [-0.05, 0) is 35.9 Å². The van der Waals surface area contributed by atoms with E-state index in [1.807, 2.05) is 0 Å². The van der Waals surface area contributed by atoms with Gasteiger partial charge in [-0.3, -0.25) is 4.79 Å². The molecule has 0 aliphatic carbocycles. The van der Waals surface area contributed by atoms with Gasteiger partial charge in [-0.15, -0.1) is 0 Å². The first kappa shape index (κ1) is 16.7. The molecular formula is C17H14F2N4O2. The Morgan fingerprint density at radius 1 is 1.24 bits per heavy atom. The van der Waals surface area contributed by atoms with E-state index in [0.717, 1.165) is 12.1 Å². The molecule has 0 radical (unpaired) electrons. The number of benzene rings is 1. The fourth-order valence-electron chi connectivity index (χ4n) is 2.19. The summed E-state index contributed by atoms with van der Waals surface area (Å²) in [5.41, 5.74) is 0.472. The van der Waals surface area contributed by atoms with Crippen LogP contribution in [-0.2, 0) is 0 Å². The number of rotatable bonds is 5. The summed E-state index contributed by atoms with van der Waals surface area (Å²) in [5.74, 6) is -1.94. The fraction of sp³-hybridized carbons (Fsp3) is 0.118. The molecule has 3 aromatic rings. The molecule has 2 heterocycles. The molecule has 128 valence electrons. The van der Waals surface area contributed by atoms with Crippen LogP contribution in [0.1, 0.15) is 22.0 Å². The number of hydrogen-bond acceptors (Lipinski definition) is 4. The third-order valence-electron chi connectivity index (χ3n) is 3.53. The molecule has 25 heavy (non-hydrogen) atoms. The highest BCUT2D eigenvalue weighted by molar-refractivity contribution is 5.93. The van der Waals surface area contributed by atoms with Crippen molar-refractivity contribution >= 4 is 5.91 Å². The van der Waals surface area contributed by atoms with Crippen molar-refractivity contribution in [3.05, 3.63) is 77.8 Å². The molecule has 3 rings (SSSR count). The van der Waals surface area contributed by atoms with Gasteiger partial charge >= 0.3 is 0 Å². The van der Waals surface area contributed by atoms with E-state index in [1.54, 1.807) is 35.3 Å². The van der Waals surface area contributed by atoms with Gasteiger partial charge < -0.3 is 10.4 Å². The predicted molar refractivity (Wildman–Crippen MR) is 85.0 cm³/mol. The number of carbonyl (C=O) groups is 1. The minimum Gasteiger partial charge on any atom is -0.387 e. The molecule has 1 amide bonds. The number of pyridine rings is 1. The molecule has 0 aliphatic heterocycles. The van der Waals surface area contributed by atoms with Crippen LogP contribution in [0.4, 0.5) is 8.78 Å². The molecule has 2 aromatic heterocycles. The number of amides is 1. The van der Waals surface area contributed by atoms with Crippen LogP contribution < -0.4 is 5.32 Å². The van der Waals surface area contributed by atoms with Crippen LogP contribution in [0.25, 0.3) is 5.82 Å². The van der Waals surface area contributed by atoms with Gasteiger partial charge in [-0.1, -0.05) is 6.07 Å². The summed E-state index contributed by atoms with van der Waals surface area (Å²) in [7, 11) is 0. The highest BCUT2D eigenvalue weighted by Crippen LogP contribution is 2.16. The number of aliphatic hydroxyl groups excluding tert-OH is 1. The first-order chi connectivity index (χ1) is 12.0. The molecule has 0 saturated carbocycles. The Morgan fingerprint density at radius 3 is 2.72 bits per heavy atom. The zero-order valence-electron chi connectivity index (χ0n) is 12.9. The van der Waals surface area contributed by atoms with Gasteiger partial charge in [0.15, 0.2) is 17.5 Å². The van der Waals surface area contributed by atoms with Gasteiger partial charge in [0.2, 0.25) is 0 Å². The molecule has 0 fully saturated rings. The van der Waals surface area contributed by atoms with Gasteiger partial charge in [-0.2, -0.15) is 5.10 Å². The number of nitrogens with zero attached hydrogens (tertiary/aromatic N) is 3. The maximum absolute atomic E-state index is 13.2. The van der Waals surface area contributed by atoms with Crippen LogP contribution in [0, 0.1) is 11.6 Å². The summed E-state index contributed by atoms with van der Waals surface area (Å²) < 4.78 is 27.6. The highest BCUT2D eigenvalue weighted by Gasteiger charge is 2.13. The van der Waals surface area contributed by atoms with Gasteiger partial charge in [-0.25, -0.2) is 18.4 Å². The Kier molecular flexibility index (Phi) is 4.80. The van der Waals surface area contributed by atoms with E-state index in [1.165, 1.54) is 12.3 Å². The van der Waals surface area contributed by atoms with E-state index in [4.69, 9.17) is 0 Å². The highest BCUT2D eigenvalue weighted by atomic mass is 19.2. The van der Waals surface area contributed by atoms with Crippen molar-refractivity contribution in [3.63, 3.8) is 0 Å². The fourth-order valence-corrected chi connectivity index (χ4v) is 2.19. The summed E-state index contributed by atoms with van der Waals surface area (Å²) in [5, 5.41) is 16.5. The Bertz CT molecular complexity index is 867. The summed E-state index contributed by atoms with van der Waals surface area (Å²) >= 11 is 0. The summed E-state index contributed by atoms with van der Waals surface area (Å²) in [6.07, 6.45) is 3.56. The van der Waals surface area contributed by atoms with Crippen LogP contribution in [0.3, 0.4) is 0 Å². The zero-order valence-corrected chi connectivity index (χ0v) is 12.9. The van der Waals surface area contributed by atoms with Crippen molar-refractivity contribution in [2.24, 2.45) is 0 Å². The molecule has 0 bridgehead atoms. The average Bonchev–Trinajstić information content (AvgIpc) is 3.16. The van der Waals surface area contributed by atoms with Crippen LogP contribution in [0.15, 0.2) is 55.0 Å². The normalized spacial score (nSPS) is 12.0. The molecule has 0 spiro atoms. The SMILES string of the molecule is O=C(NCC(O)c1ccc(F)c(F)c1)c1ccc(-n2cccn2)nc1. The first-order valence-corrected chi connectivity index (χ1v) is 7.42. The predicted octanol–water partition coefficient (Wildman–Crippen LogP) is 2.01. The molecule has 1 atom stereocenters. The monoisotopic (exact) mass is 344 g/mol. The minimum atomic E-state index is -1.16. The van der Waals surface area contributed by atoms with Crippen molar-refractivity contribution in [2.75, 3.05) is 6.54 Å². The topological polar surface area (TPSA) is 80.0 Å². The summed E-state index contributed by atoms with van der Waals surface area (Å²) in [6.45, 7) is -0.148. The summed E-state index contributed by atoms with van der Waals surface area (Å²) in [4.78, 5) is 16.2. The standard InChI is InChI=1S/C17H14F2N4O2/c18-13-4-2-11(8-14(13)19)15(24)10-21-17(25)12-3-5-16(20-9-12)23-7-1-6-22-23/h1-9,15,24H,10H2,(H,21,25). The Labute approximate surface area is 141 Å². The minimum absolute atomic E-state index is 0.148. The van der Waals surface area contributed by atoms with Crippen LogP contribution in [0.5, 0.6) is 0 Å². The van der Waals surface area contributed by atoms with Gasteiger partial charge in [0.1, 0.15) is 0 Å². The zero-order chi connectivity index (χ0) is 17.8. The van der Waals surface area contributed by atoms with E-state index < -0.39 is 23.6 Å². The molecule has 0 aliphatic rings. The van der Waals surface area contributed by atoms with E-state index in [0.29, 0.717) is 11.4 Å². The lowest BCUT2D eigenvalue weighted by atomic mass is 10.1. The lowest BCUT2D eigenvalue weighted by Crippen LogP contribution is -2.28. The molecule has 1 aromatic carbocycles. The van der Waals surface area contributed by atoms with Crippen molar-refractivity contribution in [2.45, 2.75) is 6.10 Å². The van der Waals surface area contributed by atoms with E-state index >= 15 is 0 Å². The van der Waals surface area contributed by atoms with Gasteiger partial charge in [0, 0.05) is 25.1 Å². The largest absolute Gasteiger partial charge is 0.387 e. The third kappa shape index (κ3) is 3.86. The summed E-state index contributed by atoms with van der Waals surface area (Å²) in [6, 6.07) is 8.04. The van der Waals surface area contributed by atoms with Crippen molar-refractivity contribution in [1.82, 2.24) is 20.1 Å². The van der Waals surface area contributed by atoms with Crippen molar-refractivity contribution in [1.29, 1.82) is 0 Å². The van der Waals surface area contributed by atoms with Gasteiger partial charge in [0.25, 0.3) is 5.91 Å². The maximum atomic E-state index is 13.2. The second kappa shape index (κ2) is 7.18. The lowest BCUT2D eigenvalue weighted by molar-refractivity contribution is 0.0915. The molecule has 2 N–H and O–H groups in total. The smallest absolute Gasteiger partial charge is 0.252 e. The van der Waals surface area contributed by atoms with Crippen molar-refractivity contribution < 1.29 is 18.7 Å². The Hall–Kier alpha value is -3.13. The molecule has 6 nitrogen and oxygen atoms in total. The number of hydrogen-bond donors (Lipinski definition) is 2. The number of aromatic nitrogens is 3. The Balaban J connectivity index is 1.61. The van der Waals surface area contributed by atoms with Crippen molar-refractivity contribution in [3.8, 4) is 5.82 Å². The second-order valence-corrected chi connectivity index (χ2v) is 5.26. The molecule has 8 heteroatoms. The Morgan fingerprint density at radius 2 is 2.08 bits per heavy atom. The molecular weight excluding hydrogens is 330 g/mol. The number of nitrogens with one attached hydrogen (secondary N) is 1. The average molecular weight is 344 g/mol. The quantitative estimate of drug-likeness (QED) is 0.742. The maximum Gasteiger partial charge on any atom is 0.252 e. The first-order valence-electron chi connectivity index (χ1n) is 7.42. The van der Waals surface area contributed by atoms with E-state index in [-0.39, 0.29) is 12.1 Å². The van der Waals surface area contributed by atoms with Crippen LogP contribution in [0.2, 0.25) is 0 Å². The van der Waals surface area contributed by atoms with Crippen LogP contribution >= 0.6 is 0 Å². The molecule has 1 unspecified atom stereocenters. The second-order valence-electron chi connectivity index (χ2n) is 5.26. The lowest BCUT2D eigenvalue weighted by Gasteiger charge is -2.12.